The van der Waals surface area contributed by atoms with Crippen molar-refractivity contribution in [3.63, 3.8) is 0 Å². The molecule has 0 saturated carbocycles. The fourth-order valence-corrected chi connectivity index (χ4v) is 2.57. The monoisotopic (exact) mass is 270 g/mol. The van der Waals surface area contributed by atoms with Gasteiger partial charge in [0, 0.05) is 12.7 Å². The quantitative estimate of drug-likeness (QED) is 0.732. The van der Waals surface area contributed by atoms with Crippen LogP contribution in [0.3, 0.4) is 0 Å². The van der Waals surface area contributed by atoms with Crippen LogP contribution in [0.25, 0.3) is 11.2 Å². The minimum absolute atomic E-state index is 0.357. The molecule has 3 aromatic heterocycles. The molecular formula is C13H11FN6. The van der Waals surface area contributed by atoms with E-state index >= 15 is 0 Å². The largest absolute Gasteiger partial charge is 0.321 e. The molecular weight excluding hydrogens is 259 g/mol. The average molecular weight is 270 g/mol. The van der Waals surface area contributed by atoms with Crippen LogP contribution in [0.15, 0.2) is 24.5 Å². The van der Waals surface area contributed by atoms with E-state index in [1.807, 2.05) is 12.1 Å². The van der Waals surface area contributed by atoms with Crippen LogP contribution >= 0.6 is 0 Å². The Hall–Kier alpha value is -2.57. The van der Waals surface area contributed by atoms with Gasteiger partial charge in [0.15, 0.2) is 17.0 Å². The SMILES string of the molecule is Fc1cnc2c(N3CCCc4ncccc43)n[nH]c2n1. The van der Waals surface area contributed by atoms with Gasteiger partial charge >= 0.3 is 0 Å². The van der Waals surface area contributed by atoms with Crippen molar-refractivity contribution in [3.8, 4) is 0 Å². The van der Waals surface area contributed by atoms with Crippen LogP contribution in [-0.4, -0.2) is 31.7 Å². The van der Waals surface area contributed by atoms with Crippen LogP contribution in [0.5, 0.6) is 0 Å². The number of nitrogens with one attached hydrogen (secondary N) is 1. The molecule has 4 rings (SSSR count). The van der Waals surface area contributed by atoms with Crippen molar-refractivity contribution in [3.05, 3.63) is 36.2 Å². The number of rotatable bonds is 1. The number of halogens is 1. The first-order valence-corrected chi connectivity index (χ1v) is 6.41. The predicted molar refractivity (Wildman–Crippen MR) is 71.2 cm³/mol. The summed E-state index contributed by atoms with van der Waals surface area (Å²) in [5.74, 6) is 0.0508. The number of hydrogen-bond acceptors (Lipinski definition) is 5. The molecule has 0 radical (unpaired) electrons. The summed E-state index contributed by atoms with van der Waals surface area (Å²) in [6.45, 7) is 0.831. The highest BCUT2D eigenvalue weighted by Crippen LogP contribution is 2.33. The Morgan fingerprint density at radius 1 is 1.30 bits per heavy atom. The van der Waals surface area contributed by atoms with E-state index < -0.39 is 5.95 Å². The van der Waals surface area contributed by atoms with Crippen molar-refractivity contribution in [1.29, 1.82) is 0 Å². The summed E-state index contributed by atoms with van der Waals surface area (Å²) < 4.78 is 13.1. The summed E-state index contributed by atoms with van der Waals surface area (Å²) in [4.78, 5) is 14.3. The molecule has 0 spiro atoms. The fraction of sp³-hybridized carbons (Fsp3) is 0.231. The summed E-state index contributed by atoms with van der Waals surface area (Å²) in [5.41, 5.74) is 3.00. The van der Waals surface area contributed by atoms with Crippen LogP contribution in [0, 0.1) is 5.95 Å². The van der Waals surface area contributed by atoms with Gasteiger partial charge in [-0.15, -0.1) is 0 Å². The highest BCUT2D eigenvalue weighted by molar-refractivity contribution is 5.86. The molecule has 0 aromatic carbocycles. The third kappa shape index (κ3) is 1.63. The lowest BCUT2D eigenvalue weighted by Crippen LogP contribution is -2.25. The molecule has 7 heteroatoms. The molecule has 3 aromatic rings. The molecule has 0 aliphatic carbocycles. The van der Waals surface area contributed by atoms with Gasteiger partial charge in [-0.3, -0.25) is 10.1 Å². The molecule has 6 nitrogen and oxygen atoms in total. The second-order valence-corrected chi connectivity index (χ2v) is 4.66. The van der Waals surface area contributed by atoms with Gasteiger partial charge in [0.2, 0.25) is 5.95 Å². The predicted octanol–water partition coefficient (Wildman–Crippen LogP) is 1.97. The van der Waals surface area contributed by atoms with E-state index in [4.69, 9.17) is 0 Å². The maximum Gasteiger partial charge on any atom is 0.233 e. The van der Waals surface area contributed by atoms with Gasteiger partial charge in [-0.1, -0.05) is 0 Å². The highest BCUT2D eigenvalue weighted by atomic mass is 19.1. The lowest BCUT2D eigenvalue weighted by molar-refractivity contribution is 0.582. The Labute approximate surface area is 113 Å². The van der Waals surface area contributed by atoms with Gasteiger partial charge in [-0.05, 0) is 25.0 Å². The minimum Gasteiger partial charge on any atom is -0.321 e. The van der Waals surface area contributed by atoms with Crippen LogP contribution < -0.4 is 4.90 Å². The van der Waals surface area contributed by atoms with Crippen LogP contribution in [-0.2, 0) is 6.42 Å². The average Bonchev–Trinajstić information content (AvgIpc) is 2.89. The lowest BCUT2D eigenvalue weighted by Gasteiger charge is -2.28. The van der Waals surface area contributed by atoms with Crippen LogP contribution in [0.2, 0.25) is 0 Å². The van der Waals surface area contributed by atoms with Gasteiger partial charge in [-0.2, -0.15) is 14.5 Å². The van der Waals surface area contributed by atoms with Crippen molar-refractivity contribution in [2.45, 2.75) is 12.8 Å². The zero-order chi connectivity index (χ0) is 13.5. The second kappa shape index (κ2) is 4.22. The summed E-state index contributed by atoms with van der Waals surface area (Å²) in [7, 11) is 0. The van der Waals surface area contributed by atoms with E-state index in [9.17, 15) is 4.39 Å². The number of fused-ring (bicyclic) bond motifs is 2. The standard InChI is InChI=1S/C13H11FN6/c14-10-7-16-11-12(17-10)18-19-13(11)20-6-2-3-8-9(20)4-1-5-15-8/h1,4-5,7H,2-3,6H2,(H,17,18,19). The number of aryl methyl sites for hydroxylation is 1. The van der Waals surface area contributed by atoms with E-state index in [-0.39, 0.29) is 0 Å². The van der Waals surface area contributed by atoms with Crippen LogP contribution in [0.1, 0.15) is 12.1 Å². The molecule has 1 N–H and O–H groups in total. The van der Waals surface area contributed by atoms with E-state index in [2.05, 4.69) is 30.0 Å². The maximum atomic E-state index is 13.1. The molecule has 0 saturated heterocycles. The summed E-state index contributed by atoms with van der Waals surface area (Å²) in [6.07, 6.45) is 4.85. The number of aromatic nitrogens is 5. The fourth-order valence-electron chi connectivity index (χ4n) is 2.57. The molecule has 20 heavy (non-hydrogen) atoms. The smallest absolute Gasteiger partial charge is 0.233 e. The topological polar surface area (TPSA) is 70.6 Å². The van der Waals surface area contributed by atoms with Crippen molar-refractivity contribution >= 4 is 22.7 Å². The van der Waals surface area contributed by atoms with E-state index in [0.29, 0.717) is 17.0 Å². The Balaban J connectivity index is 1.88. The van der Waals surface area contributed by atoms with Crippen molar-refractivity contribution in [2.24, 2.45) is 0 Å². The van der Waals surface area contributed by atoms with Crippen molar-refractivity contribution in [1.82, 2.24) is 25.1 Å². The molecule has 100 valence electrons. The Bertz CT molecular complexity index is 783. The lowest BCUT2D eigenvalue weighted by atomic mass is 10.1. The molecule has 0 fully saturated rings. The van der Waals surface area contributed by atoms with Crippen molar-refractivity contribution < 1.29 is 4.39 Å². The molecule has 0 bridgehead atoms. The zero-order valence-electron chi connectivity index (χ0n) is 10.5. The number of hydrogen-bond donors (Lipinski definition) is 1. The summed E-state index contributed by atoms with van der Waals surface area (Å²) >= 11 is 0. The van der Waals surface area contributed by atoms with Crippen LogP contribution in [0.4, 0.5) is 15.9 Å². The van der Waals surface area contributed by atoms with Crippen molar-refractivity contribution in [2.75, 3.05) is 11.4 Å². The molecule has 0 amide bonds. The number of aromatic amines is 1. The second-order valence-electron chi connectivity index (χ2n) is 4.66. The van der Waals surface area contributed by atoms with E-state index in [1.165, 1.54) is 0 Å². The molecule has 1 aliphatic heterocycles. The van der Waals surface area contributed by atoms with Gasteiger partial charge < -0.3 is 4.90 Å². The normalized spacial score (nSPS) is 14.6. The van der Waals surface area contributed by atoms with Gasteiger partial charge in [0.25, 0.3) is 0 Å². The minimum atomic E-state index is -0.617. The summed E-state index contributed by atoms with van der Waals surface area (Å²) in [5, 5.41) is 6.97. The molecule has 0 atom stereocenters. The number of anilines is 2. The van der Waals surface area contributed by atoms with E-state index in [0.717, 1.165) is 37.0 Å². The number of nitrogens with zero attached hydrogens (tertiary/aromatic N) is 5. The first-order valence-electron chi connectivity index (χ1n) is 6.41. The summed E-state index contributed by atoms with van der Waals surface area (Å²) in [6, 6.07) is 3.91. The number of pyridine rings is 1. The first kappa shape index (κ1) is 11.3. The highest BCUT2D eigenvalue weighted by Gasteiger charge is 2.23. The number of H-pyrrole nitrogens is 1. The zero-order valence-corrected chi connectivity index (χ0v) is 10.5. The molecule has 4 heterocycles. The van der Waals surface area contributed by atoms with E-state index in [1.54, 1.807) is 6.20 Å². The first-order chi connectivity index (χ1) is 9.83. The van der Waals surface area contributed by atoms with Gasteiger partial charge in [0.1, 0.15) is 0 Å². The Kier molecular flexibility index (Phi) is 2.38. The van der Waals surface area contributed by atoms with Gasteiger partial charge in [0.05, 0.1) is 17.6 Å². The Morgan fingerprint density at radius 3 is 3.20 bits per heavy atom. The molecule has 0 unspecified atom stereocenters. The Morgan fingerprint density at radius 2 is 2.25 bits per heavy atom. The third-order valence-corrected chi connectivity index (χ3v) is 3.43. The third-order valence-electron chi connectivity index (χ3n) is 3.43. The molecule has 1 aliphatic rings. The maximum absolute atomic E-state index is 13.1. The van der Waals surface area contributed by atoms with Gasteiger partial charge in [-0.25, -0.2) is 4.98 Å².